The quantitative estimate of drug-likeness (QED) is 0.555. The van der Waals surface area contributed by atoms with Gasteiger partial charge in [-0.15, -0.1) is 0 Å². The van der Waals surface area contributed by atoms with E-state index in [4.69, 9.17) is 4.74 Å². The lowest BCUT2D eigenvalue weighted by atomic mass is 10.4. The predicted molar refractivity (Wildman–Crippen MR) is 40.9 cm³/mol. The summed E-state index contributed by atoms with van der Waals surface area (Å²) in [6.45, 7) is 2.92. The molecule has 1 fully saturated rings. The smallest absolute Gasteiger partial charge is 0.122 e. The highest BCUT2D eigenvalue weighted by atomic mass is 16.5. The van der Waals surface area contributed by atoms with Crippen LogP contribution in [-0.2, 0) is 4.74 Å². The van der Waals surface area contributed by atoms with Crippen LogP contribution in [0.1, 0.15) is 6.42 Å². The zero-order chi connectivity index (χ0) is 7.40. The molecule has 0 aliphatic carbocycles. The van der Waals surface area contributed by atoms with Crippen molar-refractivity contribution in [2.75, 3.05) is 33.8 Å². The number of ether oxygens (including phenoxy) is 1. The normalized spacial score (nSPS) is 28.5. The van der Waals surface area contributed by atoms with Crippen molar-refractivity contribution in [1.29, 1.82) is 0 Å². The summed E-state index contributed by atoms with van der Waals surface area (Å²) in [7, 11) is 4.08. The largest absolute Gasteiger partial charge is 0.362 e. The fraction of sp³-hybridized carbons (Fsp3) is 1.00. The molecule has 1 saturated heterocycles. The summed E-state index contributed by atoms with van der Waals surface area (Å²) in [5.41, 5.74) is 0. The molecule has 0 aromatic heterocycles. The van der Waals surface area contributed by atoms with Crippen molar-refractivity contribution in [3.05, 3.63) is 0 Å². The Balaban J connectivity index is 2.28. The van der Waals surface area contributed by atoms with E-state index in [1.807, 2.05) is 14.1 Å². The van der Waals surface area contributed by atoms with Crippen molar-refractivity contribution in [2.24, 2.45) is 0 Å². The summed E-state index contributed by atoms with van der Waals surface area (Å²) in [6, 6.07) is 0. The van der Waals surface area contributed by atoms with Crippen molar-refractivity contribution in [3.63, 3.8) is 0 Å². The SMILES string of the molecule is CN(C)C1CNCCCO1. The topological polar surface area (TPSA) is 24.5 Å². The van der Waals surface area contributed by atoms with Crippen molar-refractivity contribution >= 4 is 0 Å². The molecule has 0 saturated carbocycles. The van der Waals surface area contributed by atoms with Crippen LogP contribution in [-0.4, -0.2) is 44.9 Å². The van der Waals surface area contributed by atoms with Gasteiger partial charge in [-0.25, -0.2) is 0 Å². The van der Waals surface area contributed by atoms with Crippen LogP contribution in [0.3, 0.4) is 0 Å². The van der Waals surface area contributed by atoms with Crippen molar-refractivity contribution < 1.29 is 4.74 Å². The molecule has 60 valence electrons. The predicted octanol–water partition coefficient (Wildman–Crippen LogP) is -0.116. The minimum absolute atomic E-state index is 0.266. The molecule has 1 unspecified atom stereocenters. The maximum atomic E-state index is 5.53. The molecule has 0 amide bonds. The zero-order valence-corrected chi connectivity index (χ0v) is 6.76. The lowest BCUT2D eigenvalue weighted by molar-refractivity contribution is -0.0237. The van der Waals surface area contributed by atoms with E-state index in [1.54, 1.807) is 0 Å². The third-order valence-electron chi connectivity index (χ3n) is 1.70. The third kappa shape index (κ3) is 2.25. The number of nitrogens with zero attached hydrogens (tertiary/aromatic N) is 1. The van der Waals surface area contributed by atoms with E-state index >= 15 is 0 Å². The first-order valence-corrected chi connectivity index (χ1v) is 3.79. The first-order valence-electron chi connectivity index (χ1n) is 3.79. The molecular formula is C7H16N2O. The Morgan fingerprint density at radius 3 is 3.00 bits per heavy atom. The van der Waals surface area contributed by atoms with Crippen LogP contribution in [0, 0.1) is 0 Å². The summed E-state index contributed by atoms with van der Waals surface area (Å²) in [6.07, 6.45) is 1.40. The summed E-state index contributed by atoms with van der Waals surface area (Å²) < 4.78 is 5.53. The molecule has 0 bridgehead atoms. The minimum atomic E-state index is 0.266. The second-order valence-electron chi connectivity index (χ2n) is 2.85. The molecule has 0 radical (unpaired) electrons. The molecule has 1 heterocycles. The molecule has 1 aliphatic rings. The molecule has 1 N–H and O–H groups in total. The Kier molecular flexibility index (Phi) is 3.12. The molecule has 1 rings (SSSR count). The van der Waals surface area contributed by atoms with Crippen molar-refractivity contribution in [2.45, 2.75) is 12.6 Å². The molecule has 1 atom stereocenters. The Bertz CT molecular complexity index is 87.6. The average molecular weight is 144 g/mol. The van der Waals surface area contributed by atoms with Crippen LogP contribution >= 0.6 is 0 Å². The van der Waals surface area contributed by atoms with Crippen LogP contribution in [0.5, 0.6) is 0 Å². The van der Waals surface area contributed by atoms with E-state index in [-0.39, 0.29) is 6.23 Å². The number of hydrogen-bond donors (Lipinski definition) is 1. The molecule has 10 heavy (non-hydrogen) atoms. The summed E-state index contributed by atoms with van der Waals surface area (Å²) in [4.78, 5) is 2.10. The van der Waals surface area contributed by atoms with Gasteiger partial charge in [0.25, 0.3) is 0 Å². The highest BCUT2D eigenvalue weighted by Gasteiger charge is 2.12. The fourth-order valence-corrected chi connectivity index (χ4v) is 1.03. The van der Waals surface area contributed by atoms with Gasteiger partial charge in [0.05, 0.1) is 0 Å². The molecule has 0 aromatic rings. The third-order valence-corrected chi connectivity index (χ3v) is 1.70. The van der Waals surface area contributed by atoms with E-state index < -0.39 is 0 Å². The Morgan fingerprint density at radius 2 is 2.30 bits per heavy atom. The second kappa shape index (κ2) is 3.91. The molecule has 1 aliphatic heterocycles. The van der Waals surface area contributed by atoms with Crippen LogP contribution in [0.4, 0.5) is 0 Å². The number of likely N-dealkylation sites (N-methyl/N-ethyl adjacent to an activating group) is 1. The molecule has 0 spiro atoms. The first kappa shape index (κ1) is 7.98. The molecular weight excluding hydrogens is 128 g/mol. The van der Waals surface area contributed by atoms with E-state index in [1.165, 1.54) is 0 Å². The molecule has 0 aromatic carbocycles. The van der Waals surface area contributed by atoms with Gasteiger partial charge in [-0.3, -0.25) is 4.90 Å². The summed E-state index contributed by atoms with van der Waals surface area (Å²) in [5.74, 6) is 0. The van der Waals surface area contributed by atoms with Crippen LogP contribution < -0.4 is 5.32 Å². The molecule has 3 heteroatoms. The van der Waals surface area contributed by atoms with Crippen LogP contribution in [0.2, 0.25) is 0 Å². The monoisotopic (exact) mass is 144 g/mol. The lowest BCUT2D eigenvalue weighted by Gasteiger charge is -2.21. The highest BCUT2D eigenvalue weighted by molar-refractivity contribution is 4.62. The average Bonchev–Trinajstić information content (AvgIpc) is 2.12. The van der Waals surface area contributed by atoms with E-state index in [0.717, 1.165) is 26.1 Å². The van der Waals surface area contributed by atoms with Gasteiger partial charge < -0.3 is 10.1 Å². The van der Waals surface area contributed by atoms with Crippen molar-refractivity contribution in [3.8, 4) is 0 Å². The van der Waals surface area contributed by atoms with Gasteiger partial charge in [-0.1, -0.05) is 0 Å². The molecule has 3 nitrogen and oxygen atoms in total. The van der Waals surface area contributed by atoms with E-state index in [0.29, 0.717) is 0 Å². The fourth-order valence-electron chi connectivity index (χ4n) is 1.03. The van der Waals surface area contributed by atoms with Crippen molar-refractivity contribution in [1.82, 2.24) is 10.2 Å². The number of nitrogens with one attached hydrogen (secondary N) is 1. The second-order valence-corrected chi connectivity index (χ2v) is 2.85. The minimum Gasteiger partial charge on any atom is -0.362 e. The van der Waals surface area contributed by atoms with Gasteiger partial charge in [0, 0.05) is 13.2 Å². The van der Waals surface area contributed by atoms with Crippen LogP contribution in [0.25, 0.3) is 0 Å². The highest BCUT2D eigenvalue weighted by Crippen LogP contribution is 1.98. The summed E-state index contributed by atoms with van der Waals surface area (Å²) in [5, 5.41) is 3.31. The lowest BCUT2D eigenvalue weighted by Crippen LogP contribution is -2.37. The number of hydrogen-bond acceptors (Lipinski definition) is 3. The van der Waals surface area contributed by atoms with Gasteiger partial charge in [0.1, 0.15) is 6.23 Å². The maximum Gasteiger partial charge on any atom is 0.122 e. The standard InChI is InChI=1S/C7H16N2O/c1-9(2)7-6-8-4-3-5-10-7/h7-8H,3-6H2,1-2H3. The maximum absolute atomic E-state index is 5.53. The van der Waals surface area contributed by atoms with Crippen LogP contribution in [0.15, 0.2) is 0 Å². The van der Waals surface area contributed by atoms with Gasteiger partial charge in [-0.2, -0.15) is 0 Å². The Hall–Kier alpha value is -0.120. The van der Waals surface area contributed by atoms with Gasteiger partial charge in [0.15, 0.2) is 0 Å². The van der Waals surface area contributed by atoms with E-state index in [9.17, 15) is 0 Å². The van der Waals surface area contributed by atoms with E-state index in [2.05, 4.69) is 10.2 Å². The Labute approximate surface area is 62.3 Å². The summed E-state index contributed by atoms with van der Waals surface area (Å²) >= 11 is 0. The van der Waals surface area contributed by atoms with Gasteiger partial charge in [-0.05, 0) is 27.1 Å². The Morgan fingerprint density at radius 1 is 1.50 bits per heavy atom. The zero-order valence-electron chi connectivity index (χ0n) is 6.76. The first-order chi connectivity index (χ1) is 4.80. The van der Waals surface area contributed by atoms with Gasteiger partial charge >= 0.3 is 0 Å². The number of rotatable bonds is 1. The van der Waals surface area contributed by atoms with Gasteiger partial charge in [0.2, 0.25) is 0 Å².